The van der Waals surface area contributed by atoms with Crippen molar-refractivity contribution in [1.82, 2.24) is 5.32 Å². The highest BCUT2D eigenvalue weighted by atomic mass is 16.3. The van der Waals surface area contributed by atoms with Crippen molar-refractivity contribution in [2.45, 2.75) is 6.92 Å². The molecule has 2 N–H and O–H groups in total. The highest BCUT2D eigenvalue weighted by Gasteiger charge is 2.05. The molecule has 10 heavy (non-hydrogen) atoms. The maximum atomic E-state index is 9.00. The fourth-order valence-electron chi connectivity index (χ4n) is 0.908. The average molecular weight is 137 g/mol. The van der Waals surface area contributed by atoms with Gasteiger partial charge in [0.2, 0.25) is 0 Å². The summed E-state index contributed by atoms with van der Waals surface area (Å²) in [7, 11) is 0. The third-order valence-electron chi connectivity index (χ3n) is 1.51. The number of aliphatic hydroxyl groups is 1. The van der Waals surface area contributed by atoms with Crippen molar-refractivity contribution in [3.05, 3.63) is 35.8 Å². The van der Waals surface area contributed by atoms with E-state index in [1.54, 1.807) is 6.20 Å². The fourth-order valence-corrected chi connectivity index (χ4v) is 0.908. The monoisotopic (exact) mass is 137 g/mol. The first-order valence-corrected chi connectivity index (χ1v) is 3.20. The van der Waals surface area contributed by atoms with Crippen LogP contribution in [0.3, 0.4) is 0 Å². The quantitative estimate of drug-likeness (QED) is 0.537. The molecule has 0 spiro atoms. The Morgan fingerprint density at radius 1 is 1.80 bits per heavy atom. The van der Waals surface area contributed by atoms with E-state index >= 15 is 0 Å². The van der Waals surface area contributed by atoms with E-state index in [4.69, 9.17) is 5.11 Å². The molecule has 0 aromatic rings. The molecule has 54 valence electrons. The summed E-state index contributed by atoms with van der Waals surface area (Å²) in [5, 5.41) is 12.0. The van der Waals surface area contributed by atoms with Crippen LogP contribution >= 0.6 is 0 Å². The van der Waals surface area contributed by atoms with Crippen molar-refractivity contribution in [1.29, 1.82) is 0 Å². The van der Waals surface area contributed by atoms with Gasteiger partial charge in [-0.3, -0.25) is 0 Å². The summed E-state index contributed by atoms with van der Waals surface area (Å²) in [5.74, 6) is 0.126. The molecule has 0 saturated heterocycles. The van der Waals surface area contributed by atoms with Crippen LogP contribution in [0.15, 0.2) is 35.8 Å². The summed E-state index contributed by atoms with van der Waals surface area (Å²) >= 11 is 0. The second-order valence-electron chi connectivity index (χ2n) is 2.30. The van der Waals surface area contributed by atoms with Crippen molar-refractivity contribution in [2.75, 3.05) is 6.54 Å². The molecular weight excluding hydrogens is 126 g/mol. The normalized spacial score (nSPS) is 16.9. The SMILES string of the molecule is C=C(O)C1=CNCC=C1C. The van der Waals surface area contributed by atoms with Gasteiger partial charge >= 0.3 is 0 Å². The molecule has 1 rings (SSSR count). The predicted octanol–water partition coefficient (Wildman–Crippen LogP) is 1.49. The third-order valence-corrected chi connectivity index (χ3v) is 1.51. The zero-order valence-electron chi connectivity index (χ0n) is 6.02. The van der Waals surface area contributed by atoms with Gasteiger partial charge in [0.05, 0.1) is 0 Å². The van der Waals surface area contributed by atoms with Gasteiger partial charge in [0, 0.05) is 18.3 Å². The third kappa shape index (κ3) is 1.21. The van der Waals surface area contributed by atoms with Crippen LogP contribution < -0.4 is 5.32 Å². The van der Waals surface area contributed by atoms with Gasteiger partial charge in [-0.15, -0.1) is 0 Å². The number of dihydropyridines is 1. The van der Waals surface area contributed by atoms with Crippen molar-refractivity contribution in [3.8, 4) is 0 Å². The van der Waals surface area contributed by atoms with Gasteiger partial charge < -0.3 is 10.4 Å². The zero-order valence-corrected chi connectivity index (χ0v) is 6.02. The van der Waals surface area contributed by atoms with Crippen molar-refractivity contribution in [3.63, 3.8) is 0 Å². The molecule has 0 saturated carbocycles. The van der Waals surface area contributed by atoms with E-state index in [0.29, 0.717) is 0 Å². The van der Waals surface area contributed by atoms with Gasteiger partial charge in [-0.1, -0.05) is 12.7 Å². The Bertz CT molecular complexity index is 213. The summed E-state index contributed by atoms with van der Waals surface area (Å²) in [5.41, 5.74) is 1.87. The standard InChI is InChI=1S/C8H11NO/c1-6-3-4-9-5-8(6)7(2)10/h3,5,9-10H,2,4H2,1H3. The lowest BCUT2D eigenvalue weighted by Crippen LogP contribution is -2.12. The number of hydrogen-bond acceptors (Lipinski definition) is 2. The lowest BCUT2D eigenvalue weighted by Gasteiger charge is -2.11. The van der Waals surface area contributed by atoms with Crippen molar-refractivity contribution >= 4 is 0 Å². The summed E-state index contributed by atoms with van der Waals surface area (Å²) in [6.07, 6.45) is 3.79. The summed E-state index contributed by atoms with van der Waals surface area (Å²) in [6, 6.07) is 0. The second-order valence-corrected chi connectivity index (χ2v) is 2.30. The maximum absolute atomic E-state index is 9.00. The van der Waals surface area contributed by atoms with Gasteiger partial charge in [-0.05, 0) is 12.5 Å². The molecule has 0 unspecified atom stereocenters. The average Bonchev–Trinajstić information content (AvgIpc) is 1.88. The first-order valence-electron chi connectivity index (χ1n) is 3.20. The summed E-state index contributed by atoms with van der Waals surface area (Å²) in [4.78, 5) is 0. The number of nitrogens with one attached hydrogen (secondary N) is 1. The summed E-state index contributed by atoms with van der Waals surface area (Å²) < 4.78 is 0. The molecule has 1 heterocycles. The molecule has 1 aliphatic heterocycles. The van der Waals surface area contributed by atoms with E-state index in [2.05, 4.69) is 11.9 Å². The Labute approximate surface area is 60.6 Å². The molecule has 2 nitrogen and oxygen atoms in total. The van der Waals surface area contributed by atoms with Gasteiger partial charge in [0.1, 0.15) is 5.76 Å². The van der Waals surface area contributed by atoms with Crippen LogP contribution in [0.2, 0.25) is 0 Å². The molecule has 1 aliphatic rings. The first-order chi connectivity index (χ1) is 4.72. The minimum Gasteiger partial charge on any atom is -0.508 e. The van der Waals surface area contributed by atoms with E-state index in [1.165, 1.54) is 0 Å². The maximum Gasteiger partial charge on any atom is 0.117 e. The lowest BCUT2D eigenvalue weighted by atomic mass is 10.1. The number of rotatable bonds is 1. The van der Waals surface area contributed by atoms with Crippen LogP contribution in [-0.2, 0) is 0 Å². The molecule has 0 aromatic heterocycles. The Morgan fingerprint density at radius 2 is 2.50 bits per heavy atom. The zero-order chi connectivity index (χ0) is 7.56. The topological polar surface area (TPSA) is 32.3 Å². The minimum absolute atomic E-state index is 0.126. The lowest BCUT2D eigenvalue weighted by molar-refractivity contribution is 0.426. The van der Waals surface area contributed by atoms with Crippen LogP contribution in [0.25, 0.3) is 0 Å². The van der Waals surface area contributed by atoms with Gasteiger partial charge in [-0.25, -0.2) is 0 Å². The molecular formula is C8H11NO. The molecule has 0 amide bonds. The molecule has 2 heteroatoms. The number of hydrogen-bond donors (Lipinski definition) is 2. The molecule has 0 radical (unpaired) electrons. The Hall–Kier alpha value is -1.18. The van der Waals surface area contributed by atoms with Crippen molar-refractivity contribution < 1.29 is 5.11 Å². The van der Waals surface area contributed by atoms with E-state index in [9.17, 15) is 0 Å². The molecule has 0 bridgehead atoms. The number of aliphatic hydroxyl groups excluding tert-OH is 1. The number of allylic oxidation sites excluding steroid dienone is 1. The Balaban J connectivity index is 2.84. The summed E-state index contributed by atoms with van der Waals surface area (Å²) in [6.45, 7) is 6.22. The fraction of sp³-hybridized carbons (Fsp3) is 0.250. The van der Waals surface area contributed by atoms with Crippen LogP contribution in [-0.4, -0.2) is 11.7 Å². The molecule has 0 atom stereocenters. The minimum atomic E-state index is 0.126. The smallest absolute Gasteiger partial charge is 0.117 e. The highest BCUT2D eigenvalue weighted by molar-refractivity contribution is 5.42. The van der Waals surface area contributed by atoms with Gasteiger partial charge in [0.15, 0.2) is 0 Å². The van der Waals surface area contributed by atoms with Crippen LogP contribution in [0.4, 0.5) is 0 Å². The Morgan fingerprint density at radius 3 is 2.90 bits per heavy atom. The molecule has 0 fully saturated rings. The van der Waals surface area contributed by atoms with Gasteiger partial charge in [0.25, 0.3) is 0 Å². The van der Waals surface area contributed by atoms with Crippen molar-refractivity contribution in [2.24, 2.45) is 0 Å². The van der Waals surface area contributed by atoms with Crippen LogP contribution in [0.1, 0.15) is 6.92 Å². The first kappa shape index (κ1) is 6.93. The van der Waals surface area contributed by atoms with E-state index < -0.39 is 0 Å². The highest BCUT2D eigenvalue weighted by Crippen LogP contribution is 2.16. The second kappa shape index (κ2) is 2.60. The molecule has 0 aromatic carbocycles. The van der Waals surface area contributed by atoms with E-state index in [1.807, 2.05) is 13.0 Å². The van der Waals surface area contributed by atoms with E-state index in [0.717, 1.165) is 17.7 Å². The van der Waals surface area contributed by atoms with Crippen LogP contribution in [0, 0.1) is 0 Å². The predicted molar refractivity (Wildman–Crippen MR) is 41.6 cm³/mol. The van der Waals surface area contributed by atoms with Crippen LogP contribution in [0.5, 0.6) is 0 Å². The molecule has 0 aliphatic carbocycles. The largest absolute Gasteiger partial charge is 0.508 e. The van der Waals surface area contributed by atoms with Gasteiger partial charge in [-0.2, -0.15) is 0 Å². The Kier molecular flexibility index (Phi) is 1.81. The van der Waals surface area contributed by atoms with E-state index in [-0.39, 0.29) is 5.76 Å².